The molecule has 2 N–H and O–H groups in total. The lowest BCUT2D eigenvalue weighted by Gasteiger charge is -2.04. The van der Waals surface area contributed by atoms with E-state index in [0.717, 1.165) is 5.56 Å². The molecule has 0 saturated carbocycles. The number of imidazole rings is 1. The smallest absolute Gasteiger partial charge is 0.222 e. The molecule has 0 radical (unpaired) electrons. The molecule has 16 heavy (non-hydrogen) atoms. The fourth-order valence-electron chi connectivity index (χ4n) is 1.41. The third-order valence-corrected chi connectivity index (χ3v) is 2.31. The maximum absolute atomic E-state index is 11.5. The number of hydrogen-bond donors (Lipinski definition) is 2. The number of carbonyl (C=O) groups excluding carboxylic acids is 1. The zero-order valence-electron chi connectivity index (χ0n) is 8.89. The Bertz CT molecular complexity index is 379. The van der Waals surface area contributed by atoms with E-state index in [1.807, 2.05) is 29.2 Å². The quantitative estimate of drug-likeness (QED) is 0.783. The third kappa shape index (κ3) is 2.98. The summed E-state index contributed by atoms with van der Waals surface area (Å²) in [5, 5.41) is 2.85. The fraction of sp³-hybridized carbons (Fsp3) is 0.273. The summed E-state index contributed by atoms with van der Waals surface area (Å²) >= 11 is 0. The topological polar surface area (TPSA) is 62.7 Å². The first-order valence-electron chi connectivity index (χ1n) is 5.19. The lowest BCUT2D eigenvalue weighted by Crippen LogP contribution is -2.23. The average Bonchev–Trinajstić information content (AvgIpc) is 2.96. The van der Waals surface area contributed by atoms with E-state index < -0.39 is 0 Å². The first-order chi connectivity index (χ1) is 7.84. The Labute approximate surface area is 93.5 Å². The van der Waals surface area contributed by atoms with Crippen molar-refractivity contribution in [3.63, 3.8) is 0 Å². The van der Waals surface area contributed by atoms with Gasteiger partial charge in [0.15, 0.2) is 0 Å². The van der Waals surface area contributed by atoms with Crippen molar-refractivity contribution in [1.29, 1.82) is 0 Å². The van der Waals surface area contributed by atoms with Crippen LogP contribution >= 0.6 is 0 Å². The Kier molecular flexibility index (Phi) is 3.38. The number of aryl methyl sites for hydroxylation is 1. The Morgan fingerprint density at radius 3 is 3.19 bits per heavy atom. The van der Waals surface area contributed by atoms with E-state index in [1.165, 1.54) is 0 Å². The van der Waals surface area contributed by atoms with E-state index in [9.17, 15) is 4.79 Å². The molecule has 5 heteroatoms. The van der Waals surface area contributed by atoms with E-state index in [0.29, 0.717) is 19.5 Å². The number of rotatable bonds is 5. The van der Waals surface area contributed by atoms with Crippen LogP contribution in [0, 0.1) is 0 Å². The summed E-state index contributed by atoms with van der Waals surface area (Å²) in [6.07, 6.45) is 9.44. The Hall–Kier alpha value is -2.04. The predicted octanol–water partition coefficient (Wildman–Crippen LogP) is 0.918. The number of carbonyl (C=O) groups is 1. The van der Waals surface area contributed by atoms with E-state index in [2.05, 4.69) is 15.3 Å². The molecule has 0 fully saturated rings. The minimum Gasteiger partial charge on any atom is -0.367 e. The molecular formula is C11H14N4O. The van der Waals surface area contributed by atoms with Crippen LogP contribution in [0.4, 0.5) is 0 Å². The first-order valence-corrected chi connectivity index (χ1v) is 5.19. The second kappa shape index (κ2) is 5.16. The van der Waals surface area contributed by atoms with Gasteiger partial charge in [-0.1, -0.05) is 0 Å². The molecule has 0 saturated heterocycles. The van der Waals surface area contributed by atoms with Crippen molar-refractivity contribution in [3.8, 4) is 0 Å². The molecule has 0 unspecified atom stereocenters. The predicted molar refractivity (Wildman–Crippen MR) is 59.5 cm³/mol. The molecule has 2 aromatic heterocycles. The summed E-state index contributed by atoms with van der Waals surface area (Å²) in [6.45, 7) is 1.24. The fourth-order valence-corrected chi connectivity index (χ4v) is 1.41. The number of H-pyrrole nitrogens is 1. The van der Waals surface area contributed by atoms with Crippen LogP contribution in [0.25, 0.3) is 0 Å². The Balaban J connectivity index is 1.69. The molecular weight excluding hydrogens is 204 g/mol. The van der Waals surface area contributed by atoms with Crippen LogP contribution in [-0.4, -0.2) is 20.4 Å². The van der Waals surface area contributed by atoms with Gasteiger partial charge in [-0.25, -0.2) is 4.98 Å². The van der Waals surface area contributed by atoms with Gasteiger partial charge in [0, 0.05) is 44.3 Å². The average molecular weight is 218 g/mol. The number of aromatic amines is 1. The van der Waals surface area contributed by atoms with Gasteiger partial charge in [-0.05, 0) is 11.6 Å². The van der Waals surface area contributed by atoms with Crippen LogP contribution in [0.3, 0.4) is 0 Å². The van der Waals surface area contributed by atoms with Gasteiger partial charge in [-0.15, -0.1) is 0 Å². The van der Waals surface area contributed by atoms with Crippen LogP contribution in [-0.2, 0) is 17.9 Å². The SMILES string of the molecule is O=C(CCn1ccnc1)NCc1cc[nH]c1. The van der Waals surface area contributed by atoms with Crippen molar-refractivity contribution in [2.24, 2.45) is 0 Å². The van der Waals surface area contributed by atoms with Gasteiger partial charge in [0.25, 0.3) is 0 Å². The van der Waals surface area contributed by atoms with Crippen molar-refractivity contribution in [2.75, 3.05) is 0 Å². The summed E-state index contributed by atoms with van der Waals surface area (Å²) in [7, 11) is 0. The number of hydrogen-bond acceptors (Lipinski definition) is 2. The van der Waals surface area contributed by atoms with E-state index >= 15 is 0 Å². The van der Waals surface area contributed by atoms with Crippen molar-refractivity contribution in [1.82, 2.24) is 19.9 Å². The molecule has 0 aliphatic carbocycles. The maximum atomic E-state index is 11.5. The largest absolute Gasteiger partial charge is 0.367 e. The minimum atomic E-state index is 0.0508. The normalized spacial score (nSPS) is 10.2. The van der Waals surface area contributed by atoms with Crippen LogP contribution < -0.4 is 5.32 Å². The van der Waals surface area contributed by atoms with Crippen molar-refractivity contribution < 1.29 is 4.79 Å². The van der Waals surface area contributed by atoms with Gasteiger partial charge < -0.3 is 14.9 Å². The molecule has 0 aliphatic rings. The van der Waals surface area contributed by atoms with Gasteiger partial charge in [-0.2, -0.15) is 0 Å². The molecule has 0 atom stereocenters. The molecule has 84 valence electrons. The summed E-state index contributed by atoms with van der Waals surface area (Å²) in [4.78, 5) is 18.3. The molecule has 0 bridgehead atoms. The lowest BCUT2D eigenvalue weighted by atomic mass is 10.3. The highest BCUT2D eigenvalue weighted by Crippen LogP contribution is 1.96. The van der Waals surface area contributed by atoms with Crippen molar-refractivity contribution in [3.05, 3.63) is 42.7 Å². The Morgan fingerprint density at radius 1 is 1.56 bits per heavy atom. The molecule has 0 spiro atoms. The van der Waals surface area contributed by atoms with Crippen LogP contribution in [0.5, 0.6) is 0 Å². The highest BCUT2D eigenvalue weighted by Gasteiger charge is 2.01. The molecule has 1 amide bonds. The summed E-state index contributed by atoms with van der Waals surface area (Å²) < 4.78 is 1.88. The monoisotopic (exact) mass is 218 g/mol. The van der Waals surface area contributed by atoms with Crippen molar-refractivity contribution >= 4 is 5.91 Å². The standard InChI is InChI=1S/C11H14N4O/c16-11(2-5-15-6-4-13-9-15)14-8-10-1-3-12-7-10/h1,3-4,6-7,9,12H,2,5,8H2,(H,14,16). The van der Waals surface area contributed by atoms with Gasteiger partial charge in [0.2, 0.25) is 5.91 Å². The first kappa shape index (κ1) is 10.5. The molecule has 2 aromatic rings. The van der Waals surface area contributed by atoms with Gasteiger partial charge in [-0.3, -0.25) is 4.79 Å². The second-order valence-corrected chi connectivity index (χ2v) is 3.55. The number of nitrogens with zero attached hydrogens (tertiary/aromatic N) is 2. The van der Waals surface area contributed by atoms with E-state index in [-0.39, 0.29) is 5.91 Å². The third-order valence-electron chi connectivity index (χ3n) is 2.31. The number of amides is 1. The van der Waals surface area contributed by atoms with Crippen LogP contribution in [0.1, 0.15) is 12.0 Å². The highest BCUT2D eigenvalue weighted by atomic mass is 16.1. The van der Waals surface area contributed by atoms with Crippen LogP contribution in [0.2, 0.25) is 0 Å². The van der Waals surface area contributed by atoms with Crippen molar-refractivity contribution in [2.45, 2.75) is 19.5 Å². The zero-order chi connectivity index (χ0) is 11.2. The van der Waals surface area contributed by atoms with E-state index in [4.69, 9.17) is 0 Å². The minimum absolute atomic E-state index is 0.0508. The Morgan fingerprint density at radius 2 is 2.50 bits per heavy atom. The highest BCUT2D eigenvalue weighted by molar-refractivity contribution is 5.75. The summed E-state index contributed by atoms with van der Waals surface area (Å²) in [6, 6.07) is 1.94. The number of nitrogens with one attached hydrogen (secondary N) is 2. The summed E-state index contributed by atoms with van der Waals surface area (Å²) in [5.74, 6) is 0.0508. The van der Waals surface area contributed by atoms with Gasteiger partial charge in [0.1, 0.15) is 0 Å². The molecule has 2 heterocycles. The molecule has 2 rings (SSSR count). The van der Waals surface area contributed by atoms with E-state index in [1.54, 1.807) is 12.5 Å². The molecule has 0 aromatic carbocycles. The molecule has 0 aliphatic heterocycles. The number of aromatic nitrogens is 3. The zero-order valence-corrected chi connectivity index (χ0v) is 8.89. The maximum Gasteiger partial charge on any atom is 0.222 e. The van der Waals surface area contributed by atoms with Gasteiger partial charge in [0.05, 0.1) is 6.33 Å². The van der Waals surface area contributed by atoms with Crippen LogP contribution in [0.15, 0.2) is 37.2 Å². The summed E-state index contributed by atoms with van der Waals surface area (Å²) in [5.41, 5.74) is 1.08. The lowest BCUT2D eigenvalue weighted by molar-refractivity contribution is -0.121. The second-order valence-electron chi connectivity index (χ2n) is 3.55. The van der Waals surface area contributed by atoms with Gasteiger partial charge >= 0.3 is 0 Å². The molecule has 5 nitrogen and oxygen atoms in total.